The van der Waals surface area contributed by atoms with Crippen molar-refractivity contribution in [1.82, 2.24) is 0 Å². The van der Waals surface area contributed by atoms with Crippen molar-refractivity contribution >= 4 is 22.7 Å². The van der Waals surface area contributed by atoms with Crippen LogP contribution in [0.15, 0.2) is 133 Å². The molecule has 0 aromatic heterocycles. The fourth-order valence-electron chi connectivity index (χ4n) is 6.13. The van der Waals surface area contributed by atoms with Crippen LogP contribution in [0.2, 0.25) is 0 Å². The molecule has 0 spiro atoms. The van der Waals surface area contributed by atoms with E-state index in [2.05, 4.69) is 48.5 Å². The van der Waals surface area contributed by atoms with E-state index in [1.165, 1.54) is 0 Å². The second-order valence-corrected chi connectivity index (χ2v) is 10.7. The summed E-state index contributed by atoms with van der Waals surface area (Å²) in [5.41, 5.74) is 33.2. The Balaban J connectivity index is 1.48. The monoisotopic (exact) mass is 562 g/mol. The molecule has 7 rings (SSSR count). The third-order valence-corrected chi connectivity index (χ3v) is 8.01. The first-order chi connectivity index (χ1) is 20.9. The van der Waals surface area contributed by atoms with Gasteiger partial charge in [-0.1, -0.05) is 60.7 Å². The van der Waals surface area contributed by atoms with Gasteiger partial charge in [0.25, 0.3) is 0 Å². The zero-order valence-electron chi connectivity index (χ0n) is 23.3. The van der Waals surface area contributed by atoms with E-state index in [1.54, 1.807) is 0 Å². The smallest absolute Gasteiger partial charge is 0.150 e. The molecule has 6 aromatic rings. The molecule has 0 unspecified atom stereocenters. The summed E-state index contributed by atoms with van der Waals surface area (Å²) in [5, 5.41) is 0. The third kappa shape index (κ3) is 4.37. The van der Waals surface area contributed by atoms with Crippen molar-refractivity contribution in [3.8, 4) is 34.1 Å². The van der Waals surface area contributed by atoms with Gasteiger partial charge in [-0.25, -0.2) is 0 Å². The van der Waals surface area contributed by atoms with E-state index in [0.717, 1.165) is 33.4 Å². The number of anilines is 4. The van der Waals surface area contributed by atoms with E-state index >= 15 is 0 Å². The van der Waals surface area contributed by atoms with Gasteiger partial charge in [0.05, 0.1) is 16.8 Å². The SMILES string of the molecule is Nc1ccc2c(c1)C(c1cccc(Oc3ccccc3N)c1)(c1cccc(Oc3ccccc3N)c1)c1cc(N)ccc1-2. The van der Waals surface area contributed by atoms with Gasteiger partial charge in [0.1, 0.15) is 23.0 Å². The number of nitrogen functional groups attached to an aromatic ring is 4. The number of ether oxygens (including phenoxy) is 2. The Bertz CT molecular complexity index is 1860. The van der Waals surface area contributed by atoms with Crippen LogP contribution in [0.5, 0.6) is 23.0 Å². The van der Waals surface area contributed by atoms with E-state index in [0.29, 0.717) is 45.7 Å². The number of nitrogens with two attached hydrogens (primary N) is 4. The van der Waals surface area contributed by atoms with Gasteiger partial charge in [-0.15, -0.1) is 0 Å². The normalized spacial score (nSPS) is 12.7. The van der Waals surface area contributed by atoms with E-state index in [1.807, 2.05) is 84.9 Å². The zero-order valence-corrected chi connectivity index (χ0v) is 23.3. The van der Waals surface area contributed by atoms with Gasteiger partial charge < -0.3 is 32.4 Å². The highest BCUT2D eigenvalue weighted by atomic mass is 16.5. The average molecular weight is 563 g/mol. The van der Waals surface area contributed by atoms with Gasteiger partial charge in [-0.2, -0.15) is 0 Å². The highest BCUT2D eigenvalue weighted by Gasteiger charge is 2.46. The molecule has 6 nitrogen and oxygen atoms in total. The van der Waals surface area contributed by atoms with Crippen LogP contribution in [-0.4, -0.2) is 0 Å². The molecule has 0 amide bonds. The van der Waals surface area contributed by atoms with E-state index in [-0.39, 0.29) is 0 Å². The minimum Gasteiger partial charge on any atom is -0.455 e. The van der Waals surface area contributed by atoms with Crippen molar-refractivity contribution in [2.24, 2.45) is 0 Å². The van der Waals surface area contributed by atoms with Crippen LogP contribution < -0.4 is 32.4 Å². The molecule has 0 atom stereocenters. The fourth-order valence-corrected chi connectivity index (χ4v) is 6.13. The Hall–Kier alpha value is -5.88. The summed E-state index contributed by atoms with van der Waals surface area (Å²) >= 11 is 0. The lowest BCUT2D eigenvalue weighted by Crippen LogP contribution is -2.29. The topological polar surface area (TPSA) is 123 Å². The highest BCUT2D eigenvalue weighted by molar-refractivity contribution is 5.88. The van der Waals surface area contributed by atoms with Gasteiger partial charge in [-0.3, -0.25) is 0 Å². The lowest BCUT2D eigenvalue weighted by molar-refractivity contribution is 0.482. The van der Waals surface area contributed by atoms with E-state index in [9.17, 15) is 0 Å². The van der Waals surface area contributed by atoms with Gasteiger partial charge >= 0.3 is 0 Å². The molecule has 1 aliphatic rings. The maximum atomic E-state index is 6.47. The Morgan fingerprint density at radius 1 is 0.419 bits per heavy atom. The standard InChI is InChI=1S/C37H30N4O2/c38-25-15-17-29-30-18-16-26(39)22-32(30)37(31(29)21-25,23-7-5-9-27(19-23)42-35-13-3-1-11-33(35)40)24-8-6-10-28(20-24)43-36-14-4-2-12-34(36)41/h1-22H,38-41H2. The molecule has 1 aliphatic carbocycles. The van der Waals surface area contributed by atoms with Crippen molar-refractivity contribution in [1.29, 1.82) is 0 Å². The van der Waals surface area contributed by atoms with E-state index < -0.39 is 5.41 Å². The quantitative estimate of drug-likeness (QED) is 0.153. The average Bonchev–Trinajstić information content (AvgIpc) is 3.29. The summed E-state index contributed by atoms with van der Waals surface area (Å²) in [4.78, 5) is 0. The van der Waals surface area contributed by atoms with E-state index in [4.69, 9.17) is 32.4 Å². The molecule has 0 saturated heterocycles. The van der Waals surface area contributed by atoms with Crippen LogP contribution in [0.3, 0.4) is 0 Å². The Kier molecular flexibility index (Phi) is 6.17. The molecular weight excluding hydrogens is 532 g/mol. The molecule has 0 bridgehead atoms. The number of rotatable bonds is 6. The molecule has 0 radical (unpaired) electrons. The number of fused-ring (bicyclic) bond motifs is 3. The lowest BCUT2D eigenvalue weighted by atomic mass is 9.67. The van der Waals surface area contributed by atoms with Crippen molar-refractivity contribution in [3.05, 3.63) is 156 Å². The van der Waals surface area contributed by atoms with Crippen LogP contribution >= 0.6 is 0 Å². The Morgan fingerprint density at radius 2 is 0.860 bits per heavy atom. The molecule has 6 heteroatoms. The largest absolute Gasteiger partial charge is 0.455 e. The number of benzene rings is 6. The van der Waals surface area contributed by atoms with Crippen molar-refractivity contribution in [3.63, 3.8) is 0 Å². The molecule has 43 heavy (non-hydrogen) atoms. The molecule has 0 fully saturated rings. The van der Waals surface area contributed by atoms with Gasteiger partial charge in [-0.05, 0) is 106 Å². The van der Waals surface area contributed by atoms with Gasteiger partial charge in [0.2, 0.25) is 0 Å². The zero-order chi connectivity index (χ0) is 29.6. The summed E-state index contributed by atoms with van der Waals surface area (Å²) < 4.78 is 12.6. The summed E-state index contributed by atoms with van der Waals surface area (Å²) in [6.45, 7) is 0. The van der Waals surface area contributed by atoms with Gasteiger partial charge in [0, 0.05) is 11.4 Å². The predicted molar refractivity (Wildman–Crippen MR) is 174 cm³/mol. The highest BCUT2D eigenvalue weighted by Crippen LogP contribution is 2.57. The van der Waals surface area contributed by atoms with Crippen LogP contribution in [0.25, 0.3) is 11.1 Å². The van der Waals surface area contributed by atoms with Gasteiger partial charge in [0.15, 0.2) is 0 Å². The predicted octanol–water partition coefficient (Wildman–Crippen LogP) is 7.96. The minimum absolute atomic E-state index is 0.560. The molecular formula is C37H30N4O2. The molecule has 0 saturated carbocycles. The summed E-state index contributed by atoms with van der Waals surface area (Å²) in [7, 11) is 0. The Morgan fingerprint density at radius 3 is 1.30 bits per heavy atom. The molecule has 6 aromatic carbocycles. The minimum atomic E-state index is -0.793. The number of para-hydroxylation sites is 4. The van der Waals surface area contributed by atoms with Crippen molar-refractivity contribution < 1.29 is 9.47 Å². The summed E-state index contributed by atoms with van der Waals surface area (Å²) in [6, 6.07) is 43.2. The van der Waals surface area contributed by atoms with Crippen LogP contribution in [0.4, 0.5) is 22.7 Å². The van der Waals surface area contributed by atoms with Crippen LogP contribution in [-0.2, 0) is 5.41 Å². The first-order valence-corrected chi connectivity index (χ1v) is 14.0. The number of hydrogen-bond donors (Lipinski definition) is 4. The second kappa shape index (κ2) is 10.2. The number of hydrogen-bond acceptors (Lipinski definition) is 6. The lowest BCUT2D eigenvalue weighted by Gasteiger charge is -2.34. The van der Waals surface area contributed by atoms with Crippen molar-refractivity contribution in [2.45, 2.75) is 5.41 Å². The van der Waals surface area contributed by atoms with Crippen LogP contribution in [0.1, 0.15) is 22.3 Å². The summed E-state index contributed by atoms with van der Waals surface area (Å²) in [6.07, 6.45) is 0. The molecule has 210 valence electrons. The molecule has 8 N–H and O–H groups in total. The third-order valence-electron chi connectivity index (χ3n) is 8.01. The molecule has 0 aliphatic heterocycles. The second-order valence-electron chi connectivity index (χ2n) is 10.7. The maximum absolute atomic E-state index is 6.47. The van der Waals surface area contributed by atoms with Crippen molar-refractivity contribution in [2.75, 3.05) is 22.9 Å². The molecule has 0 heterocycles. The first-order valence-electron chi connectivity index (χ1n) is 14.0. The summed E-state index contributed by atoms with van der Waals surface area (Å²) in [5.74, 6) is 2.49. The Labute approximate surface area is 250 Å². The first kappa shape index (κ1) is 26.0. The fraction of sp³-hybridized carbons (Fsp3) is 0.0270. The maximum Gasteiger partial charge on any atom is 0.150 e. The van der Waals surface area contributed by atoms with Crippen LogP contribution in [0, 0.1) is 0 Å².